The van der Waals surface area contributed by atoms with E-state index in [1.807, 2.05) is 0 Å². The van der Waals surface area contributed by atoms with Crippen molar-refractivity contribution in [3.8, 4) is 0 Å². The number of aliphatic carboxylic acids is 2. The average molecular weight is 254 g/mol. The van der Waals surface area contributed by atoms with Crippen molar-refractivity contribution in [2.45, 2.75) is 0 Å². The Morgan fingerprint density at radius 3 is 2.39 bits per heavy atom. The van der Waals surface area contributed by atoms with E-state index in [4.69, 9.17) is 10.2 Å². The van der Waals surface area contributed by atoms with Crippen molar-refractivity contribution in [1.82, 2.24) is 5.01 Å². The average Bonchev–Trinajstić information content (AvgIpc) is 2.24. The van der Waals surface area contributed by atoms with Gasteiger partial charge in [-0.25, -0.2) is 4.39 Å². The molecular formula is C11H11FN2O4. The summed E-state index contributed by atoms with van der Waals surface area (Å²) in [6.07, 6.45) is 1.20. The van der Waals surface area contributed by atoms with E-state index in [0.29, 0.717) is 5.56 Å². The monoisotopic (exact) mass is 254 g/mol. The lowest BCUT2D eigenvalue weighted by molar-refractivity contribution is -0.141. The van der Waals surface area contributed by atoms with Gasteiger partial charge in [-0.05, 0) is 17.7 Å². The van der Waals surface area contributed by atoms with Crippen LogP contribution in [0.15, 0.2) is 29.4 Å². The predicted octanol–water partition coefficient (Wildman–Crippen LogP) is 0.631. The van der Waals surface area contributed by atoms with Gasteiger partial charge in [-0.15, -0.1) is 0 Å². The Bertz CT molecular complexity index is 460. The number of hydrazone groups is 1. The molecule has 0 unspecified atom stereocenters. The Morgan fingerprint density at radius 1 is 1.28 bits per heavy atom. The lowest BCUT2D eigenvalue weighted by atomic mass is 10.2. The van der Waals surface area contributed by atoms with Crippen molar-refractivity contribution < 1.29 is 24.2 Å². The van der Waals surface area contributed by atoms with Crippen LogP contribution in [0.5, 0.6) is 0 Å². The van der Waals surface area contributed by atoms with E-state index in [0.717, 1.165) is 5.01 Å². The highest BCUT2D eigenvalue weighted by Crippen LogP contribution is 2.01. The number of rotatable bonds is 6. The first-order valence-corrected chi connectivity index (χ1v) is 4.95. The molecule has 0 radical (unpaired) electrons. The van der Waals surface area contributed by atoms with Crippen molar-refractivity contribution in [2.75, 3.05) is 13.1 Å². The fraction of sp³-hybridized carbons (Fsp3) is 0.182. The van der Waals surface area contributed by atoms with E-state index in [-0.39, 0.29) is 0 Å². The minimum absolute atomic E-state index is 0.413. The number of hydrogen-bond donors (Lipinski definition) is 2. The third-order valence-corrected chi connectivity index (χ3v) is 1.85. The van der Waals surface area contributed by atoms with Gasteiger partial charge in [0.25, 0.3) is 0 Å². The maximum absolute atomic E-state index is 12.8. The molecule has 0 atom stereocenters. The van der Waals surface area contributed by atoms with Crippen LogP contribution in [0.4, 0.5) is 4.39 Å². The highest BCUT2D eigenvalue weighted by atomic mass is 19.1. The van der Waals surface area contributed by atoms with Crippen molar-refractivity contribution >= 4 is 18.2 Å². The van der Waals surface area contributed by atoms with Crippen LogP contribution in [-0.4, -0.2) is 46.5 Å². The number of carboxylic acid groups (broad SMARTS) is 2. The second kappa shape index (κ2) is 6.33. The molecule has 18 heavy (non-hydrogen) atoms. The van der Waals surface area contributed by atoms with Gasteiger partial charge in [-0.1, -0.05) is 12.1 Å². The van der Waals surface area contributed by atoms with Gasteiger partial charge in [0, 0.05) is 0 Å². The predicted molar refractivity (Wildman–Crippen MR) is 60.8 cm³/mol. The molecule has 0 saturated carbocycles. The molecule has 96 valence electrons. The molecule has 1 aromatic carbocycles. The summed E-state index contributed by atoms with van der Waals surface area (Å²) >= 11 is 0. The minimum Gasteiger partial charge on any atom is -0.480 e. The zero-order valence-corrected chi connectivity index (χ0v) is 9.28. The number of nitrogens with zero attached hydrogens (tertiary/aromatic N) is 2. The largest absolute Gasteiger partial charge is 0.480 e. The summed E-state index contributed by atoms with van der Waals surface area (Å²) < 4.78 is 12.8. The maximum atomic E-state index is 12.8. The summed E-state index contributed by atoms with van der Waals surface area (Å²) in [6, 6.07) is 5.48. The number of carbonyl (C=O) groups is 2. The Balaban J connectivity index is 2.75. The van der Waals surface area contributed by atoms with Crippen molar-refractivity contribution in [3.63, 3.8) is 0 Å². The normalized spacial score (nSPS) is 10.5. The molecule has 2 N–H and O–H groups in total. The zero-order chi connectivity index (χ0) is 13.5. The van der Waals surface area contributed by atoms with Gasteiger partial charge in [0.1, 0.15) is 18.9 Å². The van der Waals surface area contributed by atoms with Crippen molar-refractivity contribution in [1.29, 1.82) is 0 Å². The molecule has 0 heterocycles. The molecule has 0 spiro atoms. The SMILES string of the molecule is O=C(O)CN(CC(=O)O)/N=C\c1cccc(F)c1. The van der Waals surface area contributed by atoms with Gasteiger partial charge in [0.15, 0.2) is 0 Å². The van der Waals surface area contributed by atoms with Gasteiger partial charge < -0.3 is 10.2 Å². The maximum Gasteiger partial charge on any atom is 0.324 e. The van der Waals surface area contributed by atoms with E-state index in [2.05, 4.69) is 5.10 Å². The first-order chi connectivity index (χ1) is 8.47. The summed E-state index contributed by atoms with van der Waals surface area (Å²) in [5.74, 6) is -2.86. The first-order valence-electron chi connectivity index (χ1n) is 4.95. The molecular weight excluding hydrogens is 243 g/mol. The fourth-order valence-electron chi connectivity index (χ4n) is 1.19. The van der Waals surface area contributed by atoms with Crippen LogP contribution in [0.1, 0.15) is 5.56 Å². The van der Waals surface area contributed by atoms with Crippen LogP contribution < -0.4 is 0 Å². The molecule has 0 aromatic heterocycles. The number of benzene rings is 1. The molecule has 0 bridgehead atoms. The van der Waals surface area contributed by atoms with Crippen LogP contribution in [-0.2, 0) is 9.59 Å². The molecule has 6 nitrogen and oxygen atoms in total. The molecule has 1 aromatic rings. The van der Waals surface area contributed by atoms with E-state index < -0.39 is 30.8 Å². The molecule has 0 aliphatic heterocycles. The lowest BCUT2D eigenvalue weighted by Gasteiger charge is -2.13. The molecule has 0 fully saturated rings. The smallest absolute Gasteiger partial charge is 0.324 e. The van der Waals surface area contributed by atoms with Crippen LogP contribution >= 0.6 is 0 Å². The topological polar surface area (TPSA) is 90.2 Å². The molecule has 7 heteroatoms. The van der Waals surface area contributed by atoms with E-state index in [9.17, 15) is 14.0 Å². The van der Waals surface area contributed by atoms with Gasteiger partial charge in [-0.2, -0.15) is 5.10 Å². The zero-order valence-electron chi connectivity index (χ0n) is 9.28. The molecule has 0 aliphatic carbocycles. The summed E-state index contributed by atoms with van der Waals surface area (Å²) in [5, 5.41) is 21.7. The molecule has 0 amide bonds. The lowest BCUT2D eigenvalue weighted by Crippen LogP contribution is -2.30. The third-order valence-electron chi connectivity index (χ3n) is 1.85. The summed E-state index contributed by atoms with van der Waals surface area (Å²) in [5.41, 5.74) is 0.413. The van der Waals surface area contributed by atoms with Gasteiger partial charge in [0.2, 0.25) is 0 Å². The minimum atomic E-state index is -1.20. The first kappa shape index (κ1) is 13.6. The van der Waals surface area contributed by atoms with Crippen molar-refractivity contribution in [3.05, 3.63) is 35.6 Å². The van der Waals surface area contributed by atoms with Gasteiger partial charge in [0.05, 0.1) is 6.21 Å². The van der Waals surface area contributed by atoms with Gasteiger partial charge in [-0.3, -0.25) is 14.6 Å². The van der Waals surface area contributed by atoms with Crippen LogP contribution in [0, 0.1) is 5.82 Å². The van der Waals surface area contributed by atoms with E-state index in [1.54, 1.807) is 6.07 Å². The van der Waals surface area contributed by atoms with Gasteiger partial charge >= 0.3 is 11.9 Å². The highest BCUT2D eigenvalue weighted by molar-refractivity contribution is 5.80. The van der Waals surface area contributed by atoms with Crippen molar-refractivity contribution in [2.24, 2.45) is 5.10 Å². The summed E-state index contributed by atoms with van der Waals surface area (Å²) in [4.78, 5) is 21.0. The Morgan fingerprint density at radius 2 is 1.89 bits per heavy atom. The summed E-state index contributed by atoms with van der Waals surface area (Å²) in [6.45, 7) is -1.09. The number of hydrogen-bond acceptors (Lipinski definition) is 4. The fourth-order valence-corrected chi connectivity index (χ4v) is 1.19. The summed E-state index contributed by atoms with van der Waals surface area (Å²) in [7, 11) is 0. The Kier molecular flexibility index (Phi) is 4.79. The number of halogens is 1. The Labute approximate surface area is 102 Å². The molecule has 1 rings (SSSR count). The third kappa shape index (κ3) is 5.06. The second-order valence-electron chi connectivity index (χ2n) is 3.41. The van der Waals surface area contributed by atoms with E-state index in [1.165, 1.54) is 24.4 Å². The number of carboxylic acids is 2. The quantitative estimate of drug-likeness (QED) is 0.574. The van der Waals surface area contributed by atoms with Crippen LogP contribution in [0.3, 0.4) is 0 Å². The van der Waals surface area contributed by atoms with E-state index >= 15 is 0 Å². The molecule has 0 saturated heterocycles. The highest BCUT2D eigenvalue weighted by Gasteiger charge is 2.10. The Hall–Kier alpha value is -2.44. The molecule has 0 aliphatic rings. The van der Waals surface area contributed by atoms with Crippen LogP contribution in [0.25, 0.3) is 0 Å². The van der Waals surface area contributed by atoms with Crippen LogP contribution in [0.2, 0.25) is 0 Å². The second-order valence-corrected chi connectivity index (χ2v) is 3.41. The standard InChI is InChI=1S/C11H11FN2O4/c12-9-3-1-2-8(4-9)5-13-14(6-10(15)16)7-11(17)18/h1-5H,6-7H2,(H,15,16)(H,17,18)/b13-5-.